The van der Waals surface area contributed by atoms with Crippen molar-refractivity contribution in [3.8, 4) is 6.07 Å². The molecule has 2 rings (SSSR count). The standard InChI is InChI=1S/C23H25N3O4/c1-15(2)21(26-20(27)13-17-9-5-4-6-10-17)23(29)30-16(3)22(28)25-19-12-8-7-11-18(19)14-24/h4-12,15-16,21H,13H2,1-3H3,(H,25,28)(H,26,27)/t16-,21+/m1/s1. The number of nitrogens with zero attached hydrogens (tertiary/aromatic N) is 1. The average Bonchev–Trinajstić information content (AvgIpc) is 2.72. The van der Waals surface area contributed by atoms with Crippen LogP contribution >= 0.6 is 0 Å². The van der Waals surface area contributed by atoms with Crippen molar-refractivity contribution in [3.05, 3.63) is 65.7 Å². The molecular formula is C23H25N3O4. The molecule has 0 spiro atoms. The quantitative estimate of drug-likeness (QED) is 0.654. The molecule has 0 bridgehead atoms. The SMILES string of the molecule is CC(C)[C@H](NC(=O)Cc1ccccc1)C(=O)O[C@H](C)C(=O)Nc1ccccc1C#N. The summed E-state index contributed by atoms with van der Waals surface area (Å²) in [5.41, 5.74) is 1.47. The lowest BCUT2D eigenvalue weighted by molar-refractivity contribution is -0.157. The van der Waals surface area contributed by atoms with Crippen molar-refractivity contribution in [2.24, 2.45) is 5.92 Å². The van der Waals surface area contributed by atoms with Crippen molar-refractivity contribution < 1.29 is 19.1 Å². The van der Waals surface area contributed by atoms with Crippen LogP contribution in [0.1, 0.15) is 31.9 Å². The zero-order valence-electron chi connectivity index (χ0n) is 17.2. The van der Waals surface area contributed by atoms with Gasteiger partial charge in [0.05, 0.1) is 17.7 Å². The number of ether oxygens (including phenoxy) is 1. The molecule has 0 aliphatic carbocycles. The fraction of sp³-hybridized carbons (Fsp3) is 0.304. The van der Waals surface area contributed by atoms with Gasteiger partial charge in [0.15, 0.2) is 6.10 Å². The van der Waals surface area contributed by atoms with Crippen LogP contribution in [0.5, 0.6) is 0 Å². The minimum absolute atomic E-state index is 0.137. The number of carbonyl (C=O) groups excluding carboxylic acids is 3. The fourth-order valence-corrected chi connectivity index (χ4v) is 2.73. The number of para-hydroxylation sites is 1. The highest BCUT2D eigenvalue weighted by atomic mass is 16.5. The fourth-order valence-electron chi connectivity index (χ4n) is 2.73. The Bertz CT molecular complexity index is 935. The third-order valence-electron chi connectivity index (χ3n) is 4.41. The summed E-state index contributed by atoms with van der Waals surface area (Å²) in [6.45, 7) is 5.00. The number of hydrogen-bond donors (Lipinski definition) is 2. The zero-order valence-corrected chi connectivity index (χ0v) is 17.2. The Morgan fingerprint density at radius 2 is 1.63 bits per heavy atom. The Balaban J connectivity index is 1.97. The van der Waals surface area contributed by atoms with E-state index < -0.39 is 24.0 Å². The number of rotatable bonds is 8. The van der Waals surface area contributed by atoms with Crippen LogP contribution < -0.4 is 10.6 Å². The van der Waals surface area contributed by atoms with Gasteiger partial charge < -0.3 is 15.4 Å². The van der Waals surface area contributed by atoms with Gasteiger partial charge in [0.2, 0.25) is 5.91 Å². The van der Waals surface area contributed by atoms with Gasteiger partial charge in [-0.1, -0.05) is 56.3 Å². The molecule has 0 aliphatic heterocycles. The molecule has 2 aromatic rings. The zero-order chi connectivity index (χ0) is 22.1. The van der Waals surface area contributed by atoms with E-state index in [0.29, 0.717) is 11.3 Å². The van der Waals surface area contributed by atoms with Crippen LogP contribution in [-0.4, -0.2) is 29.9 Å². The van der Waals surface area contributed by atoms with Crippen LogP contribution in [0.15, 0.2) is 54.6 Å². The molecule has 2 amide bonds. The summed E-state index contributed by atoms with van der Waals surface area (Å²) in [6.07, 6.45) is -0.963. The average molecular weight is 407 g/mol. The van der Waals surface area contributed by atoms with Crippen molar-refractivity contribution in [2.45, 2.75) is 39.3 Å². The molecule has 0 fully saturated rings. The van der Waals surface area contributed by atoms with Crippen LogP contribution in [0, 0.1) is 17.2 Å². The Morgan fingerprint density at radius 3 is 2.27 bits per heavy atom. The normalized spacial score (nSPS) is 12.4. The maximum atomic E-state index is 12.6. The number of esters is 1. The lowest BCUT2D eigenvalue weighted by Crippen LogP contribution is -2.47. The molecule has 156 valence electrons. The molecule has 2 aromatic carbocycles. The van der Waals surface area contributed by atoms with E-state index in [4.69, 9.17) is 10.00 Å². The third-order valence-corrected chi connectivity index (χ3v) is 4.41. The first-order valence-corrected chi connectivity index (χ1v) is 9.65. The second-order valence-corrected chi connectivity index (χ2v) is 7.18. The maximum Gasteiger partial charge on any atom is 0.329 e. The Hall–Kier alpha value is -3.66. The van der Waals surface area contributed by atoms with Gasteiger partial charge in [0, 0.05) is 0 Å². The molecular weight excluding hydrogens is 382 g/mol. The summed E-state index contributed by atoms with van der Waals surface area (Å²) in [5, 5.41) is 14.4. The van der Waals surface area contributed by atoms with Gasteiger partial charge in [0.25, 0.3) is 5.91 Å². The molecule has 0 saturated heterocycles. The van der Waals surface area contributed by atoms with Gasteiger partial charge in [-0.2, -0.15) is 5.26 Å². The number of carbonyl (C=O) groups is 3. The van der Waals surface area contributed by atoms with Gasteiger partial charge in [-0.25, -0.2) is 4.79 Å². The van der Waals surface area contributed by atoms with E-state index in [1.54, 1.807) is 38.1 Å². The number of nitrogens with one attached hydrogen (secondary N) is 2. The van der Waals surface area contributed by atoms with E-state index >= 15 is 0 Å². The third kappa shape index (κ3) is 6.45. The van der Waals surface area contributed by atoms with Crippen molar-refractivity contribution >= 4 is 23.5 Å². The molecule has 0 aliphatic rings. The summed E-state index contributed by atoms with van der Waals surface area (Å²) in [4.78, 5) is 37.3. The highest BCUT2D eigenvalue weighted by molar-refractivity contribution is 5.96. The first-order valence-electron chi connectivity index (χ1n) is 9.65. The topological polar surface area (TPSA) is 108 Å². The number of nitriles is 1. The Kier molecular flexibility index (Phi) is 8.12. The summed E-state index contributed by atoms with van der Waals surface area (Å²) in [7, 11) is 0. The molecule has 7 heteroatoms. The lowest BCUT2D eigenvalue weighted by atomic mass is 10.0. The summed E-state index contributed by atoms with van der Waals surface area (Å²) in [6, 6.07) is 16.8. The van der Waals surface area contributed by atoms with Crippen molar-refractivity contribution in [1.29, 1.82) is 5.26 Å². The molecule has 0 unspecified atom stereocenters. The van der Waals surface area contributed by atoms with Crippen molar-refractivity contribution in [3.63, 3.8) is 0 Å². The molecule has 0 heterocycles. The number of anilines is 1. The first-order chi connectivity index (χ1) is 14.3. The highest BCUT2D eigenvalue weighted by Crippen LogP contribution is 2.15. The monoisotopic (exact) mass is 407 g/mol. The van der Waals surface area contributed by atoms with E-state index in [1.807, 2.05) is 36.4 Å². The van der Waals surface area contributed by atoms with E-state index in [2.05, 4.69) is 10.6 Å². The number of amides is 2. The predicted octanol–water partition coefficient (Wildman–Crippen LogP) is 2.81. The summed E-state index contributed by atoms with van der Waals surface area (Å²) < 4.78 is 5.28. The van der Waals surface area contributed by atoms with Gasteiger partial charge in [-0.05, 0) is 30.5 Å². The first kappa shape index (κ1) is 22.6. The smallest absolute Gasteiger partial charge is 0.329 e. The van der Waals surface area contributed by atoms with Crippen molar-refractivity contribution in [2.75, 3.05) is 5.32 Å². The second kappa shape index (κ2) is 10.8. The second-order valence-electron chi connectivity index (χ2n) is 7.18. The van der Waals surface area contributed by atoms with Gasteiger partial charge >= 0.3 is 5.97 Å². The van der Waals surface area contributed by atoms with Crippen LogP contribution in [-0.2, 0) is 25.5 Å². The van der Waals surface area contributed by atoms with Crippen LogP contribution in [0.2, 0.25) is 0 Å². The molecule has 0 saturated carbocycles. The van der Waals surface area contributed by atoms with Crippen LogP contribution in [0.4, 0.5) is 5.69 Å². The van der Waals surface area contributed by atoms with Crippen LogP contribution in [0.3, 0.4) is 0 Å². The van der Waals surface area contributed by atoms with Gasteiger partial charge in [0.1, 0.15) is 12.1 Å². The minimum atomic E-state index is -1.10. The summed E-state index contributed by atoms with van der Waals surface area (Å²) in [5.74, 6) is -1.80. The maximum absolute atomic E-state index is 12.6. The molecule has 2 N–H and O–H groups in total. The lowest BCUT2D eigenvalue weighted by Gasteiger charge is -2.23. The van der Waals surface area contributed by atoms with E-state index in [-0.39, 0.29) is 18.2 Å². The van der Waals surface area contributed by atoms with Crippen LogP contribution in [0.25, 0.3) is 0 Å². The largest absolute Gasteiger partial charge is 0.451 e. The Morgan fingerprint density at radius 1 is 1.00 bits per heavy atom. The molecule has 0 radical (unpaired) electrons. The van der Waals surface area contributed by atoms with E-state index in [1.165, 1.54) is 6.92 Å². The van der Waals surface area contributed by atoms with Crippen molar-refractivity contribution in [1.82, 2.24) is 5.32 Å². The van der Waals surface area contributed by atoms with Gasteiger partial charge in [-0.3, -0.25) is 9.59 Å². The number of hydrogen-bond acceptors (Lipinski definition) is 5. The minimum Gasteiger partial charge on any atom is -0.451 e. The molecule has 2 atom stereocenters. The Labute approximate surface area is 176 Å². The number of benzene rings is 2. The van der Waals surface area contributed by atoms with E-state index in [0.717, 1.165) is 5.56 Å². The highest BCUT2D eigenvalue weighted by Gasteiger charge is 2.29. The molecule has 7 nitrogen and oxygen atoms in total. The van der Waals surface area contributed by atoms with Gasteiger partial charge in [-0.15, -0.1) is 0 Å². The summed E-state index contributed by atoms with van der Waals surface area (Å²) >= 11 is 0. The van der Waals surface area contributed by atoms with E-state index in [9.17, 15) is 14.4 Å². The molecule has 30 heavy (non-hydrogen) atoms. The molecule has 0 aromatic heterocycles. The predicted molar refractivity (Wildman–Crippen MR) is 112 cm³/mol.